The number of piperazine rings is 1. The third-order valence-corrected chi connectivity index (χ3v) is 5.41. The molecule has 2 aromatic rings. The van der Waals surface area contributed by atoms with Crippen LogP contribution in [0.4, 0.5) is 24.7 Å². The molecule has 30 heavy (non-hydrogen) atoms. The van der Waals surface area contributed by atoms with E-state index in [1.807, 2.05) is 42.7 Å². The molecule has 0 atom stereocenters. The third kappa shape index (κ3) is 5.23. The van der Waals surface area contributed by atoms with E-state index in [9.17, 15) is 18.0 Å². The van der Waals surface area contributed by atoms with E-state index < -0.39 is 11.7 Å². The molecule has 1 amide bonds. The number of carbonyl (C=O) groups excluding carboxylic acids is 1. The van der Waals surface area contributed by atoms with Crippen LogP contribution in [0, 0.1) is 20.8 Å². The van der Waals surface area contributed by atoms with Gasteiger partial charge in [0.15, 0.2) is 0 Å². The van der Waals surface area contributed by atoms with Crippen molar-refractivity contribution in [3.05, 3.63) is 51.7 Å². The van der Waals surface area contributed by atoms with E-state index in [0.29, 0.717) is 32.0 Å². The lowest BCUT2D eigenvalue weighted by atomic mass is 10.1. The molecule has 3 rings (SSSR count). The Morgan fingerprint density at radius 3 is 2.23 bits per heavy atom. The van der Waals surface area contributed by atoms with E-state index in [2.05, 4.69) is 10.3 Å². The zero-order valence-electron chi connectivity index (χ0n) is 17.1. The Morgan fingerprint density at radius 2 is 1.70 bits per heavy atom. The number of pyridine rings is 1. The summed E-state index contributed by atoms with van der Waals surface area (Å²) in [5, 5.41) is 2.96. The molecule has 0 bridgehead atoms. The molecule has 1 aliphatic heterocycles. The molecule has 0 spiro atoms. The molecule has 0 saturated carbocycles. The van der Waals surface area contributed by atoms with Crippen LogP contribution in [0.5, 0.6) is 0 Å². The second-order valence-electron chi connectivity index (χ2n) is 7.61. The Bertz CT molecular complexity index is 917. The highest BCUT2D eigenvalue weighted by Crippen LogP contribution is 2.33. The van der Waals surface area contributed by atoms with Crippen molar-refractivity contribution in [2.45, 2.75) is 26.9 Å². The van der Waals surface area contributed by atoms with Crippen LogP contribution in [0.2, 0.25) is 5.02 Å². The van der Waals surface area contributed by atoms with Crippen LogP contribution in [-0.2, 0) is 11.0 Å². The van der Waals surface area contributed by atoms with Gasteiger partial charge in [-0.15, -0.1) is 0 Å². The van der Waals surface area contributed by atoms with E-state index >= 15 is 0 Å². The number of carbonyl (C=O) groups is 1. The number of alkyl halides is 3. The van der Waals surface area contributed by atoms with Crippen LogP contribution in [0.3, 0.4) is 0 Å². The van der Waals surface area contributed by atoms with Gasteiger partial charge in [-0.25, -0.2) is 4.98 Å². The molecule has 1 aromatic carbocycles. The van der Waals surface area contributed by atoms with Crippen LogP contribution in [0.25, 0.3) is 0 Å². The third-order valence-electron chi connectivity index (χ3n) is 5.13. The molecule has 1 saturated heterocycles. The fraction of sp³-hybridized carbons (Fsp3) is 0.429. The maximum atomic E-state index is 12.8. The van der Waals surface area contributed by atoms with E-state index in [-0.39, 0.29) is 17.5 Å². The van der Waals surface area contributed by atoms with E-state index in [1.54, 1.807) is 0 Å². The van der Waals surface area contributed by atoms with E-state index in [4.69, 9.17) is 11.6 Å². The molecule has 5 nitrogen and oxygen atoms in total. The first-order chi connectivity index (χ1) is 14.0. The van der Waals surface area contributed by atoms with Gasteiger partial charge >= 0.3 is 6.18 Å². The number of rotatable bonds is 4. The number of aryl methyl sites for hydroxylation is 3. The molecule has 0 aliphatic carbocycles. The van der Waals surface area contributed by atoms with Crippen LogP contribution >= 0.6 is 11.6 Å². The van der Waals surface area contributed by atoms with Crippen molar-refractivity contribution in [1.82, 2.24) is 9.88 Å². The summed E-state index contributed by atoms with van der Waals surface area (Å²) < 4.78 is 38.4. The molecular formula is C21H24ClF3N4O. The van der Waals surface area contributed by atoms with Gasteiger partial charge in [0.25, 0.3) is 0 Å². The van der Waals surface area contributed by atoms with Gasteiger partial charge in [-0.2, -0.15) is 13.2 Å². The van der Waals surface area contributed by atoms with Crippen LogP contribution in [0.15, 0.2) is 24.4 Å². The number of hydrogen-bond acceptors (Lipinski definition) is 4. The number of halogens is 4. The number of benzene rings is 1. The van der Waals surface area contributed by atoms with Gasteiger partial charge < -0.3 is 10.2 Å². The van der Waals surface area contributed by atoms with Crippen LogP contribution < -0.4 is 10.2 Å². The number of nitrogens with one attached hydrogen (secondary N) is 1. The minimum atomic E-state index is -4.48. The van der Waals surface area contributed by atoms with Gasteiger partial charge in [-0.1, -0.05) is 29.3 Å². The van der Waals surface area contributed by atoms with Crippen molar-refractivity contribution in [3.8, 4) is 0 Å². The summed E-state index contributed by atoms with van der Waals surface area (Å²) in [6.45, 7) is 8.40. The van der Waals surface area contributed by atoms with Crippen molar-refractivity contribution in [2.75, 3.05) is 42.9 Å². The molecule has 1 fully saturated rings. The van der Waals surface area contributed by atoms with Gasteiger partial charge in [0.2, 0.25) is 5.91 Å². The molecule has 162 valence electrons. The van der Waals surface area contributed by atoms with Gasteiger partial charge in [-0.05, 0) is 38.0 Å². The molecule has 0 radical (unpaired) electrons. The largest absolute Gasteiger partial charge is 0.417 e. The van der Waals surface area contributed by atoms with E-state index in [1.165, 1.54) is 0 Å². The smallest absolute Gasteiger partial charge is 0.353 e. The second-order valence-corrected chi connectivity index (χ2v) is 8.02. The Morgan fingerprint density at radius 1 is 1.10 bits per heavy atom. The Kier molecular flexibility index (Phi) is 6.57. The Hall–Kier alpha value is -2.32. The fourth-order valence-electron chi connectivity index (χ4n) is 3.70. The van der Waals surface area contributed by atoms with Gasteiger partial charge in [0, 0.05) is 38.1 Å². The lowest BCUT2D eigenvalue weighted by Gasteiger charge is -2.35. The number of aromatic nitrogens is 1. The topological polar surface area (TPSA) is 48.5 Å². The van der Waals surface area contributed by atoms with Crippen LogP contribution in [0.1, 0.15) is 22.3 Å². The Balaban J connectivity index is 1.57. The van der Waals surface area contributed by atoms with Gasteiger partial charge in [-0.3, -0.25) is 9.69 Å². The highest BCUT2D eigenvalue weighted by molar-refractivity contribution is 6.33. The molecule has 1 aliphatic rings. The SMILES string of the molecule is Cc1cc(C)c(NC(=O)CN2CCN(c3ncc(C(F)(F)F)cc3Cl)CC2)c(C)c1. The lowest BCUT2D eigenvalue weighted by molar-refractivity contribution is -0.137. The quantitative estimate of drug-likeness (QED) is 0.763. The molecule has 1 N–H and O–H groups in total. The zero-order valence-corrected chi connectivity index (χ0v) is 17.9. The standard InChI is InChI=1S/C21H24ClF3N4O/c1-13-8-14(2)19(15(3)9-13)27-18(30)12-28-4-6-29(7-5-28)20-17(22)10-16(11-26-20)21(23,24)25/h8-11H,4-7,12H2,1-3H3,(H,27,30). The predicted octanol–water partition coefficient (Wildman–Crippen LogP) is 4.44. The van der Waals surface area contributed by atoms with Gasteiger partial charge in [0.05, 0.1) is 17.1 Å². The van der Waals surface area contributed by atoms with Crippen molar-refractivity contribution in [2.24, 2.45) is 0 Å². The normalized spacial score (nSPS) is 15.4. The number of anilines is 2. The summed E-state index contributed by atoms with van der Waals surface area (Å²) >= 11 is 6.04. The summed E-state index contributed by atoms with van der Waals surface area (Å²) in [5.41, 5.74) is 3.16. The minimum Gasteiger partial charge on any atom is -0.353 e. The summed E-state index contributed by atoms with van der Waals surface area (Å²) in [7, 11) is 0. The van der Waals surface area contributed by atoms with Crippen LogP contribution in [-0.4, -0.2) is 48.5 Å². The first kappa shape index (κ1) is 22.4. The summed E-state index contributed by atoms with van der Waals surface area (Å²) in [4.78, 5) is 20.3. The predicted molar refractivity (Wildman–Crippen MR) is 112 cm³/mol. The zero-order chi connectivity index (χ0) is 22.1. The number of amides is 1. The number of hydrogen-bond donors (Lipinski definition) is 1. The van der Waals surface area contributed by atoms with Crippen molar-refractivity contribution < 1.29 is 18.0 Å². The maximum Gasteiger partial charge on any atom is 0.417 e. The van der Waals surface area contributed by atoms with Crippen molar-refractivity contribution >= 4 is 29.0 Å². The molecule has 2 heterocycles. The summed E-state index contributed by atoms with van der Waals surface area (Å²) in [5.74, 6) is 0.240. The minimum absolute atomic E-state index is 0.0265. The molecular weight excluding hydrogens is 417 g/mol. The average Bonchev–Trinajstić information content (AvgIpc) is 2.64. The number of nitrogens with zero attached hydrogens (tertiary/aromatic N) is 3. The maximum absolute atomic E-state index is 12.8. The highest BCUT2D eigenvalue weighted by Gasteiger charge is 2.32. The van der Waals surface area contributed by atoms with Crippen molar-refractivity contribution in [3.63, 3.8) is 0 Å². The molecule has 9 heteroatoms. The second kappa shape index (κ2) is 8.81. The monoisotopic (exact) mass is 440 g/mol. The first-order valence-electron chi connectivity index (χ1n) is 9.62. The molecule has 1 aromatic heterocycles. The highest BCUT2D eigenvalue weighted by atomic mass is 35.5. The Labute approximate surface area is 178 Å². The summed E-state index contributed by atoms with van der Waals surface area (Å²) in [6.07, 6.45) is -3.68. The van der Waals surface area contributed by atoms with E-state index in [0.717, 1.165) is 34.6 Å². The van der Waals surface area contributed by atoms with Crippen molar-refractivity contribution in [1.29, 1.82) is 0 Å². The molecule has 0 unspecified atom stereocenters. The first-order valence-corrected chi connectivity index (χ1v) is 10.00. The average molecular weight is 441 g/mol. The fourth-order valence-corrected chi connectivity index (χ4v) is 3.98. The van der Waals surface area contributed by atoms with Gasteiger partial charge in [0.1, 0.15) is 5.82 Å². The lowest BCUT2D eigenvalue weighted by Crippen LogP contribution is -2.49. The summed E-state index contributed by atoms with van der Waals surface area (Å²) in [6, 6.07) is 4.96.